The average molecular weight is 368 g/mol. The number of likely N-dealkylation sites (tertiary alicyclic amines) is 1. The molecule has 26 heavy (non-hydrogen) atoms. The van der Waals surface area contributed by atoms with Gasteiger partial charge < -0.3 is 24.2 Å². The average Bonchev–Trinajstić information content (AvgIpc) is 2.66. The van der Waals surface area contributed by atoms with Crippen LogP contribution in [0.2, 0.25) is 0 Å². The van der Waals surface area contributed by atoms with Gasteiger partial charge in [-0.2, -0.15) is 0 Å². The van der Waals surface area contributed by atoms with E-state index in [1.807, 2.05) is 0 Å². The van der Waals surface area contributed by atoms with Crippen LogP contribution in [0.15, 0.2) is 0 Å². The Kier molecular flexibility index (Phi) is 5.16. The van der Waals surface area contributed by atoms with Gasteiger partial charge in [-0.25, -0.2) is 0 Å². The Bertz CT molecular complexity index is 542. The van der Waals surface area contributed by atoms with Crippen molar-refractivity contribution >= 4 is 5.78 Å². The number of piperidine rings is 1. The van der Waals surface area contributed by atoms with Gasteiger partial charge in [-0.1, -0.05) is 0 Å². The normalized spacial score (nSPS) is 53.7. The van der Waals surface area contributed by atoms with E-state index in [-0.39, 0.29) is 48.0 Å². The molecule has 1 heterocycles. The predicted octanol–water partition coefficient (Wildman–Crippen LogP) is -0.459. The number of nitrogens with one attached hydrogen (secondary N) is 1. The van der Waals surface area contributed by atoms with E-state index in [2.05, 4.69) is 7.05 Å². The highest BCUT2D eigenvalue weighted by Gasteiger charge is 2.63. The zero-order valence-electron chi connectivity index (χ0n) is 16.4. The largest absolute Gasteiger partial charge is 0.390 e. The molecule has 148 valence electrons. The Labute approximate surface area is 156 Å². The quantitative estimate of drug-likeness (QED) is 0.706. The molecule has 0 aromatic carbocycles. The first kappa shape index (κ1) is 18.8. The van der Waals surface area contributed by atoms with Crippen LogP contribution in [-0.2, 0) is 19.0 Å². The number of ketones is 1. The third-order valence-corrected chi connectivity index (χ3v) is 8.12. The molecule has 11 unspecified atom stereocenters. The third kappa shape index (κ3) is 2.68. The number of aliphatic hydroxyl groups excluding tert-OH is 1. The molecule has 6 nitrogen and oxygen atoms in total. The van der Waals surface area contributed by atoms with E-state index in [1.54, 1.807) is 21.3 Å². The summed E-state index contributed by atoms with van der Waals surface area (Å²) in [6.45, 7) is 1.03. The number of Topliss-reactive ketones (excluding diaryl/α,β-unsaturated/α-hetero) is 1. The number of rotatable bonds is 3. The summed E-state index contributed by atoms with van der Waals surface area (Å²) in [6.07, 6.45) is 2.84. The van der Waals surface area contributed by atoms with Gasteiger partial charge in [0.25, 0.3) is 0 Å². The first-order valence-electron chi connectivity index (χ1n) is 10.1. The predicted molar refractivity (Wildman–Crippen MR) is 94.9 cm³/mol. The molecule has 0 aromatic heterocycles. The number of aliphatic hydroxyl groups is 1. The highest BCUT2D eigenvalue weighted by atomic mass is 16.5. The molecule has 11 atom stereocenters. The van der Waals surface area contributed by atoms with Gasteiger partial charge in [0.1, 0.15) is 0 Å². The molecule has 6 heteroatoms. The van der Waals surface area contributed by atoms with Crippen molar-refractivity contribution in [2.45, 2.75) is 56.1 Å². The van der Waals surface area contributed by atoms with Gasteiger partial charge in [0.05, 0.1) is 38.0 Å². The summed E-state index contributed by atoms with van der Waals surface area (Å²) in [4.78, 5) is 14.8. The lowest BCUT2D eigenvalue weighted by Gasteiger charge is -2.59. The zero-order valence-corrected chi connectivity index (χ0v) is 16.4. The van der Waals surface area contributed by atoms with Crippen LogP contribution >= 0.6 is 0 Å². The zero-order chi connectivity index (χ0) is 18.6. The number of hydrogen-bond acceptors (Lipinski definition) is 5. The van der Waals surface area contributed by atoms with Crippen LogP contribution in [0.4, 0.5) is 0 Å². The highest BCUT2D eigenvalue weighted by Crippen LogP contribution is 2.53. The molecule has 0 radical (unpaired) electrons. The molecule has 4 rings (SSSR count). The summed E-state index contributed by atoms with van der Waals surface area (Å²) in [6, 6.07) is 0.0176. The standard InChI is InChI=1S/C20H33NO5/c1-21-6-5-10-7-15(26-4)20(23)17-11-8-13(24-2)14(25-3)9-12(11)19(22)18(21)16(10)17/h10-18,20,23H,5-9H2,1-4H3/p+1. The van der Waals surface area contributed by atoms with Crippen LogP contribution in [0.3, 0.4) is 0 Å². The van der Waals surface area contributed by atoms with Gasteiger partial charge in [-0.3, -0.25) is 4.79 Å². The minimum absolute atomic E-state index is 0.00663. The fraction of sp³-hybridized carbons (Fsp3) is 0.950. The lowest BCUT2D eigenvalue weighted by Crippen LogP contribution is -3.17. The van der Waals surface area contributed by atoms with Crippen molar-refractivity contribution in [3.8, 4) is 0 Å². The summed E-state index contributed by atoms with van der Waals surface area (Å²) < 4.78 is 17.0. The molecule has 1 saturated heterocycles. The van der Waals surface area contributed by atoms with Gasteiger partial charge in [-0.05, 0) is 37.5 Å². The van der Waals surface area contributed by atoms with Crippen molar-refractivity contribution < 1.29 is 29.0 Å². The van der Waals surface area contributed by atoms with Crippen molar-refractivity contribution in [2.75, 3.05) is 34.9 Å². The monoisotopic (exact) mass is 368 g/mol. The summed E-state index contributed by atoms with van der Waals surface area (Å²) in [5, 5.41) is 11.2. The van der Waals surface area contributed by atoms with Gasteiger partial charge in [0.15, 0.2) is 11.8 Å². The van der Waals surface area contributed by atoms with E-state index in [0.717, 1.165) is 25.8 Å². The van der Waals surface area contributed by atoms with Crippen LogP contribution in [0.1, 0.15) is 25.7 Å². The molecule has 0 spiro atoms. The second kappa shape index (κ2) is 7.13. The molecule has 1 aliphatic heterocycles. The summed E-state index contributed by atoms with van der Waals surface area (Å²) in [7, 11) is 7.29. The molecule has 4 fully saturated rings. The Morgan fingerprint density at radius 1 is 0.962 bits per heavy atom. The van der Waals surface area contributed by atoms with Crippen molar-refractivity contribution in [2.24, 2.45) is 29.6 Å². The topological polar surface area (TPSA) is 69.4 Å². The second-order valence-electron chi connectivity index (χ2n) is 8.97. The lowest BCUT2D eigenvalue weighted by molar-refractivity contribution is -0.909. The van der Waals surface area contributed by atoms with Gasteiger partial charge in [-0.15, -0.1) is 0 Å². The smallest absolute Gasteiger partial charge is 0.193 e. The summed E-state index contributed by atoms with van der Waals surface area (Å²) in [5.41, 5.74) is 0. The van der Waals surface area contributed by atoms with E-state index >= 15 is 0 Å². The van der Waals surface area contributed by atoms with E-state index < -0.39 is 6.10 Å². The van der Waals surface area contributed by atoms with E-state index in [0.29, 0.717) is 18.1 Å². The molecule has 3 aliphatic carbocycles. The first-order valence-corrected chi connectivity index (χ1v) is 10.1. The number of fused-ring (bicyclic) bond motifs is 2. The van der Waals surface area contributed by atoms with Crippen LogP contribution in [0.25, 0.3) is 0 Å². The number of hydrogen-bond donors (Lipinski definition) is 2. The molecular weight excluding hydrogens is 334 g/mol. The van der Waals surface area contributed by atoms with E-state index in [4.69, 9.17) is 14.2 Å². The molecule has 3 saturated carbocycles. The van der Waals surface area contributed by atoms with Crippen LogP contribution in [0.5, 0.6) is 0 Å². The number of likely N-dealkylation sites (N-methyl/N-ethyl adjacent to an activating group) is 1. The molecule has 0 aromatic rings. The maximum Gasteiger partial charge on any atom is 0.193 e. The molecule has 0 amide bonds. The fourth-order valence-electron chi connectivity index (χ4n) is 6.93. The molecule has 4 aliphatic rings. The van der Waals surface area contributed by atoms with Crippen molar-refractivity contribution in [1.82, 2.24) is 0 Å². The van der Waals surface area contributed by atoms with Crippen LogP contribution in [0, 0.1) is 29.6 Å². The Hall–Kier alpha value is -0.530. The van der Waals surface area contributed by atoms with Gasteiger partial charge >= 0.3 is 0 Å². The van der Waals surface area contributed by atoms with Gasteiger partial charge in [0.2, 0.25) is 0 Å². The Morgan fingerprint density at radius 3 is 2.27 bits per heavy atom. The number of quaternary nitrogens is 1. The number of carbonyl (C=O) groups excluding carboxylic acids is 1. The van der Waals surface area contributed by atoms with Crippen molar-refractivity contribution in [1.29, 1.82) is 0 Å². The summed E-state index contributed by atoms with van der Waals surface area (Å²) in [5.74, 6) is 1.41. The molecule has 2 N–H and O–H groups in total. The Balaban J connectivity index is 1.72. The van der Waals surface area contributed by atoms with E-state index in [9.17, 15) is 9.90 Å². The number of ether oxygens (including phenoxy) is 3. The lowest BCUT2D eigenvalue weighted by atomic mass is 9.50. The van der Waals surface area contributed by atoms with Crippen LogP contribution in [-0.4, -0.2) is 76.3 Å². The minimum Gasteiger partial charge on any atom is -0.390 e. The SMILES string of the molecule is COC1CC2C(=O)C3C4C(CC[NH+]3C)CC(OC)C(O)C4C2CC1OC. The summed E-state index contributed by atoms with van der Waals surface area (Å²) >= 11 is 0. The van der Waals surface area contributed by atoms with Crippen LogP contribution < -0.4 is 4.90 Å². The van der Waals surface area contributed by atoms with E-state index in [1.165, 1.54) is 4.90 Å². The maximum atomic E-state index is 13.5. The highest BCUT2D eigenvalue weighted by molar-refractivity contribution is 5.87. The maximum absolute atomic E-state index is 13.5. The fourth-order valence-corrected chi connectivity index (χ4v) is 6.93. The Morgan fingerprint density at radius 2 is 1.62 bits per heavy atom. The van der Waals surface area contributed by atoms with Gasteiger partial charge in [0, 0.05) is 39.1 Å². The first-order chi connectivity index (χ1) is 12.5. The minimum atomic E-state index is -0.494. The molecule has 0 bridgehead atoms. The third-order valence-electron chi connectivity index (χ3n) is 8.12. The second-order valence-corrected chi connectivity index (χ2v) is 8.97. The number of methoxy groups -OCH3 is 3. The van der Waals surface area contributed by atoms with Crippen molar-refractivity contribution in [3.05, 3.63) is 0 Å². The molecular formula is C20H34NO5+. The number of carbonyl (C=O) groups is 1. The van der Waals surface area contributed by atoms with Crippen molar-refractivity contribution in [3.63, 3.8) is 0 Å².